The normalized spacial score (nSPS) is 11.9. The molecule has 0 fully saturated rings. The van der Waals surface area contributed by atoms with Gasteiger partial charge in [-0.1, -0.05) is 23.7 Å². The van der Waals surface area contributed by atoms with Gasteiger partial charge in [-0.15, -0.1) is 12.4 Å². The van der Waals surface area contributed by atoms with Crippen LogP contribution in [0.25, 0.3) is 0 Å². The Hall–Kier alpha value is -0.440. The molecule has 0 aliphatic heterocycles. The van der Waals surface area contributed by atoms with Gasteiger partial charge in [-0.25, -0.2) is 0 Å². The average molecular weight is 208 g/mol. The van der Waals surface area contributed by atoms with Crippen LogP contribution in [0.15, 0.2) is 18.2 Å². The number of rotatable bonds is 1. The summed E-state index contributed by atoms with van der Waals surface area (Å²) in [5.41, 5.74) is 6.73. The summed E-state index contributed by atoms with van der Waals surface area (Å²) in [6.07, 6.45) is -0.561. The largest absolute Gasteiger partial charge is 0.397 e. The number of aliphatic hydroxyl groups excluding tert-OH is 1. The highest BCUT2D eigenvalue weighted by Crippen LogP contribution is 2.26. The zero-order valence-electron chi connectivity index (χ0n) is 6.62. The van der Waals surface area contributed by atoms with Crippen molar-refractivity contribution in [1.29, 1.82) is 0 Å². The highest BCUT2D eigenvalue weighted by atomic mass is 35.5. The summed E-state index contributed by atoms with van der Waals surface area (Å²) in [7, 11) is 0. The van der Waals surface area contributed by atoms with Crippen LogP contribution in [-0.4, -0.2) is 5.11 Å². The second-order valence-corrected chi connectivity index (χ2v) is 2.83. The molecule has 0 aliphatic rings. The lowest BCUT2D eigenvalue weighted by Gasteiger charge is -2.08. The summed E-state index contributed by atoms with van der Waals surface area (Å²) in [5, 5.41) is 9.68. The molecule has 0 aliphatic carbocycles. The van der Waals surface area contributed by atoms with Gasteiger partial charge in [-0.05, 0) is 13.0 Å². The highest BCUT2D eigenvalue weighted by molar-refractivity contribution is 6.33. The van der Waals surface area contributed by atoms with Gasteiger partial charge in [0.1, 0.15) is 0 Å². The maximum atomic E-state index is 9.19. The number of hydrogen-bond donors (Lipinski definition) is 2. The molecule has 68 valence electrons. The number of hydrogen-bond acceptors (Lipinski definition) is 2. The summed E-state index contributed by atoms with van der Waals surface area (Å²) in [6, 6.07) is 5.22. The van der Waals surface area contributed by atoms with E-state index in [4.69, 9.17) is 17.3 Å². The molecule has 12 heavy (non-hydrogen) atoms. The highest BCUT2D eigenvalue weighted by Gasteiger charge is 2.06. The van der Waals surface area contributed by atoms with Crippen molar-refractivity contribution in [1.82, 2.24) is 0 Å². The van der Waals surface area contributed by atoms with E-state index in [1.807, 2.05) is 0 Å². The predicted octanol–water partition coefficient (Wildman–Crippen LogP) is 2.40. The van der Waals surface area contributed by atoms with E-state index in [9.17, 15) is 5.11 Å². The maximum Gasteiger partial charge on any atom is 0.0782 e. The fourth-order valence-corrected chi connectivity index (χ4v) is 1.10. The van der Waals surface area contributed by atoms with Crippen molar-refractivity contribution in [2.75, 3.05) is 5.73 Å². The zero-order chi connectivity index (χ0) is 8.43. The molecule has 0 saturated heterocycles. The molecule has 2 nitrogen and oxygen atoms in total. The first-order chi connectivity index (χ1) is 5.13. The van der Waals surface area contributed by atoms with Gasteiger partial charge in [-0.3, -0.25) is 0 Å². The zero-order valence-corrected chi connectivity index (χ0v) is 8.19. The Balaban J connectivity index is 0.00000121. The van der Waals surface area contributed by atoms with E-state index in [2.05, 4.69) is 0 Å². The third kappa shape index (κ3) is 2.27. The minimum absolute atomic E-state index is 0. The SMILES string of the molecule is C[C@@H](O)c1cccc(Cl)c1N.Cl. The molecule has 0 unspecified atom stereocenters. The Morgan fingerprint density at radius 3 is 2.50 bits per heavy atom. The van der Waals surface area contributed by atoms with E-state index in [-0.39, 0.29) is 12.4 Å². The third-order valence-corrected chi connectivity index (χ3v) is 1.87. The standard InChI is InChI=1S/C8H10ClNO.ClH/c1-5(11)6-3-2-4-7(9)8(6)10;/h2-5,11H,10H2,1H3;1H/t5-;/m1./s1. The molecular weight excluding hydrogens is 197 g/mol. The Labute approximate surface area is 82.8 Å². The van der Waals surface area contributed by atoms with Crippen molar-refractivity contribution in [2.45, 2.75) is 13.0 Å². The number of anilines is 1. The fourth-order valence-electron chi connectivity index (χ4n) is 0.918. The second kappa shape index (κ2) is 4.55. The van der Waals surface area contributed by atoms with Crippen LogP contribution in [-0.2, 0) is 0 Å². The van der Waals surface area contributed by atoms with Crippen molar-refractivity contribution in [3.8, 4) is 0 Å². The number of aliphatic hydroxyl groups is 1. The molecule has 1 aromatic rings. The fraction of sp³-hybridized carbons (Fsp3) is 0.250. The van der Waals surface area contributed by atoms with Crippen molar-refractivity contribution < 1.29 is 5.11 Å². The summed E-state index contributed by atoms with van der Waals surface area (Å²) in [6.45, 7) is 1.65. The molecule has 0 heterocycles. The minimum Gasteiger partial charge on any atom is -0.397 e. The van der Waals surface area contributed by atoms with Crippen molar-refractivity contribution >= 4 is 29.7 Å². The monoisotopic (exact) mass is 207 g/mol. The molecule has 0 saturated carbocycles. The maximum absolute atomic E-state index is 9.19. The quantitative estimate of drug-likeness (QED) is 0.696. The van der Waals surface area contributed by atoms with E-state index in [1.54, 1.807) is 25.1 Å². The molecule has 0 spiro atoms. The molecule has 1 aromatic carbocycles. The van der Waals surface area contributed by atoms with Crippen LogP contribution in [0.4, 0.5) is 5.69 Å². The Morgan fingerprint density at radius 1 is 1.50 bits per heavy atom. The lowest BCUT2D eigenvalue weighted by molar-refractivity contribution is 0.200. The van der Waals surface area contributed by atoms with Crippen LogP contribution in [0.5, 0.6) is 0 Å². The summed E-state index contributed by atoms with van der Waals surface area (Å²) >= 11 is 5.72. The molecule has 1 rings (SSSR count). The molecule has 0 aromatic heterocycles. The average Bonchev–Trinajstić information content (AvgIpc) is 1.94. The summed E-state index contributed by atoms with van der Waals surface area (Å²) < 4.78 is 0. The lowest BCUT2D eigenvalue weighted by Crippen LogP contribution is -1.98. The molecule has 0 amide bonds. The van der Waals surface area contributed by atoms with Crippen LogP contribution < -0.4 is 5.73 Å². The number of halogens is 2. The molecule has 0 bridgehead atoms. The van der Waals surface area contributed by atoms with Crippen molar-refractivity contribution in [3.05, 3.63) is 28.8 Å². The number of nitrogens with two attached hydrogens (primary N) is 1. The Bertz CT molecular complexity index is 263. The van der Waals surface area contributed by atoms with Gasteiger partial charge >= 0.3 is 0 Å². The Kier molecular flexibility index (Phi) is 4.39. The van der Waals surface area contributed by atoms with Gasteiger partial charge in [0.05, 0.1) is 16.8 Å². The smallest absolute Gasteiger partial charge is 0.0782 e. The van der Waals surface area contributed by atoms with Gasteiger partial charge in [-0.2, -0.15) is 0 Å². The third-order valence-electron chi connectivity index (χ3n) is 1.54. The van der Waals surface area contributed by atoms with Crippen molar-refractivity contribution in [3.63, 3.8) is 0 Å². The second-order valence-electron chi connectivity index (χ2n) is 2.42. The summed E-state index contributed by atoms with van der Waals surface area (Å²) in [5.74, 6) is 0. The van der Waals surface area contributed by atoms with Gasteiger partial charge in [0.15, 0.2) is 0 Å². The van der Waals surface area contributed by atoms with E-state index in [0.29, 0.717) is 16.3 Å². The van der Waals surface area contributed by atoms with Gasteiger partial charge in [0.25, 0.3) is 0 Å². The summed E-state index contributed by atoms with van der Waals surface area (Å²) in [4.78, 5) is 0. The van der Waals surface area contributed by atoms with Gasteiger partial charge < -0.3 is 10.8 Å². The minimum atomic E-state index is -0.561. The molecule has 1 atom stereocenters. The predicted molar refractivity (Wildman–Crippen MR) is 53.7 cm³/mol. The van der Waals surface area contributed by atoms with Crippen LogP contribution in [0.2, 0.25) is 5.02 Å². The first kappa shape index (κ1) is 11.6. The molecule has 4 heteroatoms. The van der Waals surface area contributed by atoms with E-state index >= 15 is 0 Å². The molecule has 3 N–H and O–H groups in total. The van der Waals surface area contributed by atoms with Gasteiger partial charge in [0.2, 0.25) is 0 Å². The first-order valence-corrected chi connectivity index (χ1v) is 3.72. The van der Waals surface area contributed by atoms with Crippen LogP contribution in [0.3, 0.4) is 0 Å². The van der Waals surface area contributed by atoms with E-state index in [1.165, 1.54) is 0 Å². The van der Waals surface area contributed by atoms with Crippen LogP contribution in [0, 0.1) is 0 Å². The molecule has 0 radical (unpaired) electrons. The topological polar surface area (TPSA) is 46.2 Å². The number of para-hydroxylation sites is 1. The van der Waals surface area contributed by atoms with Crippen LogP contribution in [0.1, 0.15) is 18.6 Å². The van der Waals surface area contributed by atoms with Gasteiger partial charge in [0, 0.05) is 5.56 Å². The first-order valence-electron chi connectivity index (χ1n) is 3.35. The van der Waals surface area contributed by atoms with Crippen molar-refractivity contribution in [2.24, 2.45) is 0 Å². The number of nitrogen functional groups attached to an aromatic ring is 1. The Morgan fingerprint density at radius 2 is 2.08 bits per heavy atom. The molecular formula is C8H11Cl2NO. The van der Waals surface area contributed by atoms with Crippen LogP contribution >= 0.6 is 24.0 Å². The van der Waals surface area contributed by atoms with E-state index < -0.39 is 6.10 Å². The number of benzene rings is 1. The van der Waals surface area contributed by atoms with E-state index in [0.717, 1.165) is 0 Å². The lowest BCUT2D eigenvalue weighted by atomic mass is 10.1.